The van der Waals surface area contributed by atoms with Gasteiger partial charge in [-0.2, -0.15) is 4.37 Å². The summed E-state index contributed by atoms with van der Waals surface area (Å²) in [6.45, 7) is 1.97. The molecular weight excluding hydrogens is 288 g/mol. The number of methoxy groups -OCH3 is 2. The molecule has 1 amide bonds. The van der Waals surface area contributed by atoms with Crippen molar-refractivity contribution in [2.75, 3.05) is 19.5 Å². The summed E-state index contributed by atoms with van der Waals surface area (Å²) in [6.07, 6.45) is 0.398. The third-order valence-corrected chi connectivity index (χ3v) is 4.58. The van der Waals surface area contributed by atoms with Crippen molar-refractivity contribution in [2.24, 2.45) is 0 Å². The van der Waals surface area contributed by atoms with Crippen molar-refractivity contribution in [2.45, 2.75) is 19.3 Å². The third-order valence-electron chi connectivity index (χ3n) is 3.72. The van der Waals surface area contributed by atoms with E-state index in [4.69, 9.17) is 9.47 Å². The van der Waals surface area contributed by atoms with Gasteiger partial charge in [-0.05, 0) is 24.5 Å². The number of hydrogen-bond donors (Lipinski definition) is 1. The summed E-state index contributed by atoms with van der Waals surface area (Å²) in [7, 11) is 3.24. The highest BCUT2D eigenvalue weighted by Crippen LogP contribution is 2.44. The molecular formula is C15H16N2O3S. The van der Waals surface area contributed by atoms with Crippen LogP contribution in [-0.2, 0) is 4.79 Å². The molecule has 2 aromatic rings. The summed E-state index contributed by atoms with van der Waals surface area (Å²) in [4.78, 5) is 11.9. The molecule has 1 N–H and O–H groups in total. The highest BCUT2D eigenvalue weighted by molar-refractivity contribution is 7.10. The largest absolute Gasteiger partial charge is 0.497 e. The maximum Gasteiger partial charge on any atom is 0.225 e. The Kier molecular flexibility index (Phi) is 3.55. The van der Waals surface area contributed by atoms with Crippen molar-refractivity contribution < 1.29 is 14.3 Å². The van der Waals surface area contributed by atoms with Gasteiger partial charge in [-0.25, -0.2) is 0 Å². The van der Waals surface area contributed by atoms with Crippen LogP contribution < -0.4 is 14.8 Å². The van der Waals surface area contributed by atoms with E-state index in [0.29, 0.717) is 6.42 Å². The Morgan fingerprint density at radius 3 is 2.86 bits per heavy atom. The van der Waals surface area contributed by atoms with Crippen molar-refractivity contribution in [3.63, 3.8) is 0 Å². The van der Waals surface area contributed by atoms with Gasteiger partial charge in [-0.1, -0.05) is 6.07 Å². The first-order valence-corrected chi connectivity index (χ1v) is 7.39. The Bertz CT molecular complexity index is 696. The number of carbonyl (C=O) groups is 1. The van der Waals surface area contributed by atoms with Gasteiger partial charge >= 0.3 is 0 Å². The second kappa shape index (κ2) is 5.37. The molecule has 1 aliphatic heterocycles. The maximum absolute atomic E-state index is 11.9. The molecule has 3 rings (SSSR count). The Morgan fingerprint density at radius 1 is 1.33 bits per heavy atom. The van der Waals surface area contributed by atoms with Gasteiger partial charge in [0.05, 0.1) is 19.9 Å². The number of rotatable bonds is 3. The number of aryl methyl sites for hydroxylation is 1. The first-order valence-electron chi connectivity index (χ1n) is 6.62. The summed E-state index contributed by atoms with van der Waals surface area (Å²) in [6, 6.07) is 5.69. The number of nitrogens with one attached hydrogen (secondary N) is 1. The first kappa shape index (κ1) is 13.9. The molecule has 5 nitrogen and oxygen atoms in total. The summed E-state index contributed by atoms with van der Waals surface area (Å²) in [5, 5.41) is 3.73. The van der Waals surface area contributed by atoms with Crippen LogP contribution in [0.15, 0.2) is 18.2 Å². The number of benzene rings is 1. The molecule has 6 heteroatoms. The van der Waals surface area contributed by atoms with Crippen LogP contribution in [-0.4, -0.2) is 24.5 Å². The Hall–Kier alpha value is -2.08. The molecule has 1 aromatic carbocycles. The van der Waals surface area contributed by atoms with Crippen molar-refractivity contribution in [3.8, 4) is 11.5 Å². The number of hydrogen-bond acceptors (Lipinski definition) is 5. The van der Waals surface area contributed by atoms with E-state index in [1.54, 1.807) is 14.2 Å². The summed E-state index contributed by atoms with van der Waals surface area (Å²) in [5.74, 6) is 1.43. The fourth-order valence-electron chi connectivity index (χ4n) is 2.71. The van der Waals surface area contributed by atoms with Crippen LogP contribution in [0.2, 0.25) is 0 Å². The zero-order valence-corrected chi connectivity index (χ0v) is 12.9. The molecule has 21 heavy (non-hydrogen) atoms. The van der Waals surface area contributed by atoms with Crippen LogP contribution in [0, 0.1) is 6.92 Å². The second-order valence-corrected chi connectivity index (χ2v) is 5.70. The van der Waals surface area contributed by atoms with E-state index in [2.05, 4.69) is 9.69 Å². The SMILES string of the molecule is COc1ccc([C@H]2CC(=O)Nc3snc(C)c32)c(OC)c1. The quantitative estimate of drug-likeness (QED) is 0.947. The lowest BCUT2D eigenvalue weighted by molar-refractivity contribution is -0.116. The molecule has 0 saturated heterocycles. The highest BCUT2D eigenvalue weighted by atomic mass is 32.1. The number of nitrogens with zero attached hydrogens (tertiary/aromatic N) is 1. The minimum atomic E-state index is -0.0339. The van der Waals surface area contributed by atoms with Gasteiger partial charge in [0.1, 0.15) is 16.5 Å². The highest BCUT2D eigenvalue weighted by Gasteiger charge is 2.32. The predicted octanol–water partition coefficient (Wildman–Crippen LogP) is 2.94. The van der Waals surface area contributed by atoms with Crippen LogP contribution in [0.25, 0.3) is 0 Å². The number of amides is 1. The number of carbonyl (C=O) groups excluding carboxylic acids is 1. The van der Waals surface area contributed by atoms with E-state index in [0.717, 1.165) is 33.3 Å². The smallest absolute Gasteiger partial charge is 0.225 e. The van der Waals surface area contributed by atoms with Gasteiger partial charge in [0.25, 0.3) is 0 Å². The van der Waals surface area contributed by atoms with Gasteiger partial charge < -0.3 is 14.8 Å². The summed E-state index contributed by atoms with van der Waals surface area (Å²) < 4.78 is 15.1. The van der Waals surface area contributed by atoms with Gasteiger partial charge in [-0.3, -0.25) is 4.79 Å². The van der Waals surface area contributed by atoms with Crippen LogP contribution in [0.4, 0.5) is 5.00 Å². The van der Waals surface area contributed by atoms with E-state index < -0.39 is 0 Å². The maximum atomic E-state index is 11.9. The Morgan fingerprint density at radius 2 is 2.14 bits per heavy atom. The third kappa shape index (κ3) is 2.35. The zero-order chi connectivity index (χ0) is 15.0. The number of fused-ring (bicyclic) bond motifs is 1. The average molecular weight is 304 g/mol. The minimum Gasteiger partial charge on any atom is -0.497 e. The molecule has 0 spiro atoms. The molecule has 1 atom stereocenters. The lowest BCUT2D eigenvalue weighted by Gasteiger charge is -2.25. The summed E-state index contributed by atoms with van der Waals surface area (Å²) >= 11 is 1.33. The second-order valence-electron chi connectivity index (χ2n) is 4.92. The van der Waals surface area contributed by atoms with Gasteiger partial charge in [-0.15, -0.1) is 0 Å². The fourth-order valence-corrected chi connectivity index (χ4v) is 3.59. The summed E-state index contributed by atoms with van der Waals surface area (Å²) in [5.41, 5.74) is 3.03. The van der Waals surface area contributed by atoms with Gasteiger partial charge in [0.15, 0.2) is 0 Å². The Balaban J connectivity index is 2.12. The molecule has 0 bridgehead atoms. The first-order chi connectivity index (χ1) is 10.1. The molecule has 0 aliphatic carbocycles. The van der Waals surface area contributed by atoms with E-state index in [9.17, 15) is 4.79 Å². The topological polar surface area (TPSA) is 60.5 Å². The zero-order valence-electron chi connectivity index (χ0n) is 12.1. The van der Waals surface area contributed by atoms with E-state index in [-0.39, 0.29) is 11.8 Å². The minimum absolute atomic E-state index is 0.00835. The van der Waals surface area contributed by atoms with Crippen molar-refractivity contribution in [1.82, 2.24) is 4.37 Å². The van der Waals surface area contributed by atoms with Crippen molar-refractivity contribution in [1.29, 1.82) is 0 Å². The average Bonchev–Trinajstić information content (AvgIpc) is 2.87. The molecule has 1 aliphatic rings. The monoisotopic (exact) mass is 304 g/mol. The van der Waals surface area contributed by atoms with Crippen molar-refractivity contribution in [3.05, 3.63) is 35.0 Å². The lowest BCUT2D eigenvalue weighted by atomic mass is 9.85. The van der Waals surface area contributed by atoms with Crippen LogP contribution in [0.1, 0.15) is 29.2 Å². The van der Waals surface area contributed by atoms with Gasteiger partial charge in [0.2, 0.25) is 5.91 Å². The molecule has 0 saturated carbocycles. The van der Waals surface area contributed by atoms with E-state index >= 15 is 0 Å². The van der Waals surface area contributed by atoms with E-state index in [1.807, 2.05) is 25.1 Å². The number of aromatic nitrogens is 1. The molecule has 0 radical (unpaired) electrons. The van der Waals surface area contributed by atoms with Crippen LogP contribution in [0.5, 0.6) is 11.5 Å². The van der Waals surface area contributed by atoms with Crippen LogP contribution >= 0.6 is 11.5 Å². The molecule has 2 heterocycles. The number of anilines is 1. The fraction of sp³-hybridized carbons (Fsp3) is 0.333. The normalized spacial score (nSPS) is 17.1. The number of ether oxygens (including phenoxy) is 2. The molecule has 0 fully saturated rings. The Labute approximate surface area is 127 Å². The standard InChI is InChI=1S/C15H16N2O3S/c1-8-14-11(7-13(18)16-15(14)21-17-8)10-5-4-9(19-2)6-12(10)20-3/h4-6,11H,7H2,1-3H3,(H,16,18)/t11-/m1/s1. The van der Waals surface area contributed by atoms with Crippen LogP contribution in [0.3, 0.4) is 0 Å². The molecule has 1 aromatic heterocycles. The van der Waals surface area contributed by atoms with Gasteiger partial charge in [0, 0.05) is 29.5 Å². The van der Waals surface area contributed by atoms with E-state index in [1.165, 1.54) is 11.5 Å². The predicted molar refractivity (Wildman–Crippen MR) is 81.5 cm³/mol. The molecule has 110 valence electrons. The van der Waals surface area contributed by atoms with Crippen molar-refractivity contribution >= 4 is 22.4 Å². The lowest BCUT2D eigenvalue weighted by Crippen LogP contribution is -2.23. The molecule has 0 unspecified atom stereocenters.